The van der Waals surface area contributed by atoms with E-state index >= 15 is 0 Å². The van der Waals surface area contributed by atoms with Gasteiger partial charge < -0.3 is 33.2 Å². The first kappa shape index (κ1) is 31.0. The van der Waals surface area contributed by atoms with E-state index in [1.807, 2.05) is 10.6 Å². The molecule has 0 radical (unpaired) electrons. The van der Waals surface area contributed by atoms with E-state index in [0.29, 0.717) is 64.3 Å². The van der Waals surface area contributed by atoms with Crippen molar-refractivity contribution in [1.29, 1.82) is 0 Å². The summed E-state index contributed by atoms with van der Waals surface area (Å²) in [7, 11) is 0.244. The van der Waals surface area contributed by atoms with Gasteiger partial charge in [0.25, 0.3) is 0 Å². The lowest BCUT2D eigenvalue weighted by atomic mass is 10.1. The molecule has 6 heterocycles. The normalized spacial score (nSPS) is 25.8. The Morgan fingerprint density at radius 1 is 1.00 bits per heavy atom. The molecule has 3 fully saturated rings. The van der Waals surface area contributed by atoms with E-state index in [1.54, 1.807) is 12.1 Å². The molecule has 11 nitrogen and oxygen atoms in total. The molecule has 0 aliphatic carbocycles. The maximum Gasteiger partial charge on any atom is 0.301 e. The van der Waals surface area contributed by atoms with Crippen LogP contribution in [-0.2, 0) is 30.4 Å². The van der Waals surface area contributed by atoms with E-state index in [9.17, 15) is 0 Å². The lowest BCUT2D eigenvalue weighted by Gasteiger charge is -2.27. The number of rotatable bonds is 11. The number of methoxy groups -OCH3 is 1. The number of hydrogen-bond acceptors (Lipinski definition) is 10. The van der Waals surface area contributed by atoms with E-state index in [1.165, 1.54) is 7.11 Å². The minimum Gasteiger partial charge on any atom is -0.480 e. The lowest BCUT2D eigenvalue weighted by molar-refractivity contribution is -0.202. The Hall–Kier alpha value is -2.03. The highest BCUT2D eigenvalue weighted by molar-refractivity contribution is 6.76. The molecule has 3 aliphatic heterocycles. The molecule has 43 heavy (non-hydrogen) atoms. The summed E-state index contributed by atoms with van der Waals surface area (Å²) in [5, 5.41) is 0.705. The fourth-order valence-electron chi connectivity index (χ4n) is 5.49. The Morgan fingerprint density at radius 2 is 1.79 bits per heavy atom. The van der Waals surface area contributed by atoms with Crippen molar-refractivity contribution < 1.29 is 33.2 Å². The van der Waals surface area contributed by atoms with Gasteiger partial charge in [-0.15, -0.1) is 0 Å². The van der Waals surface area contributed by atoms with Gasteiger partial charge in [-0.05, 0) is 43.5 Å². The quantitative estimate of drug-likeness (QED) is 0.148. The van der Waals surface area contributed by atoms with Gasteiger partial charge in [0.15, 0.2) is 18.0 Å². The van der Waals surface area contributed by atoms with Crippen LogP contribution in [0.3, 0.4) is 0 Å². The SMILES string of the molecule is COc1nc(Cl)ccc1-c1nc2nc(O[C@@H]3CO[C@H]4[C@@H]3OC[C@H]4OC3CCCCO3)n(COCC[Si](C)(C)C)c2cc1Cl. The lowest BCUT2D eigenvalue weighted by Crippen LogP contribution is -2.38. The Kier molecular flexibility index (Phi) is 9.46. The molecule has 3 aromatic rings. The molecule has 1 unspecified atom stereocenters. The molecule has 3 aliphatic rings. The second-order valence-corrected chi connectivity index (χ2v) is 18.7. The highest BCUT2D eigenvalue weighted by Gasteiger charge is 2.50. The first-order valence-corrected chi connectivity index (χ1v) is 19.2. The fraction of sp³-hybridized carbons (Fsp3) is 0.621. The first-order chi connectivity index (χ1) is 20.7. The van der Waals surface area contributed by atoms with Crippen LogP contribution in [0.1, 0.15) is 19.3 Å². The van der Waals surface area contributed by atoms with Crippen molar-refractivity contribution in [2.24, 2.45) is 0 Å². The molecule has 3 saturated heterocycles. The summed E-state index contributed by atoms with van der Waals surface area (Å²) < 4.78 is 44.2. The summed E-state index contributed by atoms with van der Waals surface area (Å²) in [5.41, 5.74) is 2.19. The van der Waals surface area contributed by atoms with Crippen LogP contribution in [0, 0.1) is 0 Å². The topological polar surface area (TPSA) is 108 Å². The van der Waals surface area contributed by atoms with Crippen LogP contribution in [-0.4, -0.2) is 91.8 Å². The third-order valence-corrected chi connectivity index (χ3v) is 10.0. The average molecular weight is 654 g/mol. The van der Waals surface area contributed by atoms with Crippen LogP contribution in [0.2, 0.25) is 35.9 Å². The largest absolute Gasteiger partial charge is 0.480 e. The molecule has 0 aromatic carbocycles. The van der Waals surface area contributed by atoms with Crippen LogP contribution >= 0.6 is 23.2 Å². The number of aromatic nitrogens is 4. The van der Waals surface area contributed by atoms with E-state index in [-0.39, 0.29) is 37.4 Å². The maximum absolute atomic E-state index is 6.79. The molecule has 0 saturated carbocycles. The molecule has 0 bridgehead atoms. The minimum atomic E-state index is -1.28. The third-order valence-electron chi connectivity index (χ3n) is 7.84. The Balaban J connectivity index is 1.26. The summed E-state index contributed by atoms with van der Waals surface area (Å²) in [6, 6.07) is 6.62. The molecule has 6 rings (SSSR count). The summed E-state index contributed by atoms with van der Waals surface area (Å²) in [6.45, 7) is 9.29. The van der Waals surface area contributed by atoms with Crippen molar-refractivity contribution in [2.75, 3.05) is 33.5 Å². The summed E-state index contributed by atoms with van der Waals surface area (Å²) in [5.74, 6) is 0.315. The van der Waals surface area contributed by atoms with Crippen LogP contribution in [0.25, 0.3) is 22.4 Å². The third kappa shape index (κ3) is 6.96. The number of imidazole rings is 1. The van der Waals surface area contributed by atoms with Gasteiger partial charge in [0.1, 0.15) is 30.2 Å². The Bertz CT molecular complexity index is 1430. The van der Waals surface area contributed by atoms with Crippen molar-refractivity contribution in [3.63, 3.8) is 0 Å². The zero-order valence-corrected chi connectivity index (χ0v) is 27.4. The van der Waals surface area contributed by atoms with Crippen molar-refractivity contribution in [3.05, 3.63) is 28.4 Å². The van der Waals surface area contributed by atoms with Gasteiger partial charge in [-0.2, -0.15) is 4.98 Å². The summed E-state index contributed by atoms with van der Waals surface area (Å²) in [6.07, 6.45) is 1.67. The smallest absolute Gasteiger partial charge is 0.301 e. The van der Waals surface area contributed by atoms with Gasteiger partial charge in [-0.1, -0.05) is 42.8 Å². The van der Waals surface area contributed by atoms with Gasteiger partial charge in [0.05, 0.1) is 42.1 Å². The average Bonchev–Trinajstić information content (AvgIpc) is 3.66. The maximum atomic E-state index is 6.79. The summed E-state index contributed by atoms with van der Waals surface area (Å²) in [4.78, 5) is 13.8. The second kappa shape index (κ2) is 13.1. The number of hydrogen-bond donors (Lipinski definition) is 0. The zero-order valence-electron chi connectivity index (χ0n) is 24.9. The van der Waals surface area contributed by atoms with Crippen LogP contribution < -0.4 is 9.47 Å². The van der Waals surface area contributed by atoms with Crippen molar-refractivity contribution >= 4 is 42.4 Å². The van der Waals surface area contributed by atoms with Gasteiger partial charge in [0, 0.05) is 21.3 Å². The van der Waals surface area contributed by atoms with E-state index in [0.717, 1.165) is 31.9 Å². The molecular weight excluding hydrogens is 615 g/mol. The molecular formula is C29H38Cl2N4O7Si. The van der Waals surface area contributed by atoms with Crippen LogP contribution in [0.15, 0.2) is 18.2 Å². The zero-order chi connectivity index (χ0) is 30.1. The second-order valence-electron chi connectivity index (χ2n) is 12.2. The number of fused-ring (bicyclic) bond motifs is 2. The van der Waals surface area contributed by atoms with Gasteiger partial charge in [-0.3, -0.25) is 4.57 Å². The molecule has 234 valence electrons. The van der Waals surface area contributed by atoms with E-state index < -0.39 is 8.07 Å². The monoisotopic (exact) mass is 652 g/mol. The Labute approximate surface area is 262 Å². The van der Waals surface area contributed by atoms with E-state index in [4.69, 9.17) is 66.3 Å². The fourth-order valence-corrected chi connectivity index (χ4v) is 6.64. The van der Waals surface area contributed by atoms with Gasteiger partial charge in [0.2, 0.25) is 5.88 Å². The molecule has 5 atom stereocenters. The number of pyridine rings is 2. The summed E-state index contributed by atoms with van der Waals surface area (Å²) >= 11 is 12.9. The molecule has 0 spiro atoms. The van der Waals surface area contributed by atoms with Crippen LogP contribution in [0.4, 0.5) is 0 Å². The standard InChI is InChI=1S/C29H38Cl2N4O7Si/c1-36-28-17(8-9-22(31)32-28)24-18(30)13-19-27(33-24)34-29(35(19)16-37-11-12-43(2,3)4)42-21-15-40-25-20(14-39-26(21)25)41-23-7-5-6-10-38-23/h8-9,13,20-21,23,25-26H,5-7,10-12,14-16H2,1-4H3/t20-,21-,23?,25-,26-/m1/s1. The highest BCUT2D eigenvalue weighted by Crippen LogP contribution is 2.37. The number of halogens is 2. The van der Waals surface area contributed by atoms with Crippen molar-refractivity contribution in [1.82, 2.24) is 19.5 Å². The number of nitrogens with zero attached hydrogens (tertiary/aromatic N) is 4. The van der Waals surface area contributed by atoms with Crippen molar-refractivity contribution in [3.8, 4) is 23.1 Å². The molecule has 14 heteroatoms. The van der Waals surface area contributed by atoms with E-state index in [2.05, 4.69) is 24.6 Å². The highest BCUT2D eigenvalue weighted by atomic mass is 35.5. The van der Waals surface area contributed by atoms with Crippen LogP contribution in [0.5, 0.6) is 11.9 Å². The Morgan fingerprint density at radius 3 is 2.53 bits per heavy atom. The van der Waals surface area contributed by atoms with Crippen molar-refractivity contribution in [2.45, 2.75) is 82.4 Å². The molecule has 0 N–H and O–H groups in total. The van der Waals surface area contributed by atoms with Gasteiger partial charge >= 0.3 is 6.01 Å². The predicted octanol–water partition coefficient (Wildman–Crippen LogP) is 5.58. The first-order valence-electron chi connectivity index (χ1n) is 14.7. The molecule has 3 aromatic heterocycles. The molecule has 0 amide bonds. The number of ether oxygens (including phenoxy) is 7. The predicted molar refractivity (Wildman–Crippen MR) is 164 cm³/mol. The van der Waals surface area contributed by atoms with Gasteiger partial charge in [-0.25, -0.2) is 9.97 Å². The minimum absolute atomic E-state index is 0.212.